The summed E-state index contributed by atoms with van der Waals surface area (Å²) in [6.07, 6.45) is 1.44. The minimum Gasteiger partial charge on any atom is -0.493 e. The summed E-state index contributed by atoms with van der Waals surface area (Å²) < 4.78 is 13.6. The number of aromatic nitrogens is 2. The third-order valence-electron chi connectivity index (χ3n) is 5.96. The number of anilines is 1. The molecule has 11 heteroatoms. The summed E-state index contributed by atoms with van der Waals surface area (Å²) in [6, 6.07) is 14.2. The number of nitrogens with zero attached hydrogens (tertiary/aromatic N) is 3. The molecule has 2 aromatic carbocycles. The zero-order valence-corrected chi connectivity index (χ0v) is 21.6. The Morgan fingerprint density at radius 3 is 2.41 bits per heavy atom. The lowest BCUT2D eigenvalue weighted by atomic mass is 10.2. The average molecular weight is 523 g/mol. The SMILES string of the molecule is COc1ccc(C=C2SC(=O)N(CCC(=O)Nc3c(C)n(C)n(-c4ccccc4)c3=O)C2=O)cc1OC. The van der Waals surface area contributed by atoms with Gasteiger partial charge in [-0.1, -0.05) is 24.3 Å². The quantitative estimate of drug-likeness (QED) is 0.450. The van der Waals surface area contributed by atoms with Gasteiger partial charge in [0.2, 0.25) is 5.91 Å². The van der Waals surface area contributed by atoms with E-state index in [4.69, 9.17) is 9.47 Å². The van der Waals surface area contributed by atoms with Crippen LogP contribution in [0.4, 0.5) is 10.5 Å². The van der Waals surface area contributed by atoms with Crippen LogP contribution in [0.5, 0.6) is 11.5 Å². The molecule has 1 aliphatic rings. The Morgan fingerprint density at radius 2 is 1.73 bits per heavy atom. The van der Waals surface area contributed by atoms with E-state index in [1.54, 1.807) is 55.1 Å². The molecule has 0 aliphatic carbocycles. The number of para-hydroxylation sites is 1. The van der Waals surface area contributed by atoms with E-state index in [0.717, 1.165) is 16.7 Å². The normalized spacial score (nSPS) is 14.4. The van der Waals surface area contributed by atoms with Crippen LogP contribution in [0, 0.1) is 6.92 Å². The zero-order valence-electron chi connectivity index (χ0n) is 20.8. The maximum Gasteiger partial charge on any atom is 0.295 e. The van der Waals surface area contributed by atoms with Crippen LogP contribution in [0.25, 0.3) is 11.8 Å². The number of hydrogen-bond acceptors (Lipinski definition) is 7. The molecule has 0 bridgehead atoms. The number of nitrogens with one attached hydrogen (secondary N) is 1. The Balaban J connectivity index is 1.44. The highest BCUT2D eigenvalue weighted by Gasteiger charge is 2.35. The number of carbonyl (C=O) groups excluding carboxylic acids is 3. The molecule has 37 heavy (non-hydrogen) atoms. The number of methoxy groups -OCH3 is 2. The first-order valence-corrected chi connectivity index (χ1v) is 12.2. The number of thioether (sulfide) groups is 1. The van der Waals surface area contributed by atoms with Gasteiger partial charge in [0.25, 0.3) is 16.7 Å². The highest BCUT2D eigenvalue weighted by molar-refractivity contribution is 8.18. The predicted molar refractivity (Wildman–Crippen MR) is 141 cm³/mol. The van der Waals surface area contributed by atoms with Gasteiger partial charge in [-0.05, 0) is 54.6 Å². The molecule has 0 atom stereocenters. The summed E-state index contributed by atoms with van der Waals surface area (Å²) in [6.45, 7) is 1.62. The van der Waals surface area contributed by atoms with Crippen molar-refractivity contribution >= 4 is 40.6 Å². The van der Waals surface area contributed by atoms with Gasteiger partial charge in [-0.15, -0.1) is 0 Å². The Kier molecular flexibility index (Phi) is 7.53. The van der Waals surface area contributed by atoms with Crippen molar-refractivity contribution in [1.82, 2.24) is 14.3 Å². The molecule has 3 aromatic rings. The largest absolute Gasteiger partial charge is 0.493 e. The monoisotopic (exact) mass is 522 g/mol. The zero-order chi connectivity index (χ0) is 26.7. The summed E-state index contributed by atoms with van der Waals surface area (Å²) in [5.74, 6) is 0.0754. The van der Waals surface area contributed by atoms with Crippen LogP contribution in [0.2, 0.25) is 0 Å². The lowest BCUT2D eigenvalue weighted by molar-refractivity contribution is -0.123. The van der Waals surface area contributed by atoms with Crippen LogP contribution in [0.1, 0.15) is 17.7 Å². The average Bonchev–Trinajstić information content (AvgIpc) is 3.28. The fourth-order valence-corrected chi connectivity index (χ4v) is 4.78. The molecule has 4 rings (SSSR count). The molecule has 0 spiro atoms. The summed E-state index contributed by atoms with van der Waals surface area (Å²) in [5, 5.41) is 2.18. The molecule has 10 nitrogen and oxygen atoms in total. The first-order chi connectivity index (χ1) is 17.7. The molecule has 1 aromatic heterocycles. The molecule has 1 fully saturated rings. The highest BCUT2D eigenvalue weighted by Crippen LogP contribution is 2.34. The molecule has 3 amide bonds. The number of ether oxygens (including phenoxy) is 2. The van der Waals surface area contributed by atoms with E-state index in [9.17, 15) is 19.2 Å². The Hall–Kier alpha value is -4.25. The Bertz CT molecular complexity index is 1460. The van der Waals surface area contributed by atoms with Gasteiger partial charge in [0, 0.05) is 20.0 Å². The lowest BCUT2D eigenvalue weighted by Crippen LogP contribution is -2.32. The molecular weight excluding hydrogens is 496 g/mol. The van der Waals surface area contributed by atoms with Gasteiger partial charge < -0.3 is 14.8 Å². The van der Waals surface area contributed by atoms with Crippen LogP contribution in [-0.4, -0.2) is 52.1 Å². The maximum atomic E-state index is 13.0. The molecule has 1 saturated heterocycles. The van der Waals surface area contributed by atoms with Gasteiger partial charge in [-0.25, -0.2) is 4.68 Å². The Labute approximate surface area is 217 Å². The third kappa shape index (κ3) is 5.17. The van der Waals surface area contributed by atoms with Crippen molar-refractivity contribution in [1.29, 1.82) is 0 Å². The van der Waals surface area contributed by atoms with E-state index in [0.29, 0.717) is 28.4 Å². The third-order valence-corrected chi connectivity index (χ3v) is 6.87. The van der Waals surface area contributed by atoms with E-state index in [1.807, 2.05) is 18.2 Å². The maximum absolute atomic E-state index is 13.0. The van der Waals surface area contributed by atoms with Crippen LogP contribution in [0.15, 0.2) is 58.2 Å². The summed E-state index contributed by atoms with van der Waals surface area (Å²) in [4.78, 5) is 52.3. The minimum absolute atomic E-state index is 0.113. The van der Waals surface area contributed by atoms with Gasteiger partial charge in [-0.2, -0.15) is 0 Å². The first-order valence-electron chi connectivity index (χ1n) is 11.4. The van der Waals surface area contributed by atoms with Crippen LogP contribution >= 0.6 is 11.8 Å². The van der Waals surface area contributed by atoms with Gasteiger partial charge in [-0.3, -0.25) is 28.8 Å². The van der Waals surface area contributed by atoms with Crippen molar-refractivity contribution in [3.63, 3.8) is 0 Å². The van der Waals surface area contributed by atoms with Crippen LogP contribution < -0.4 is 20.3 Å². The van der Waals surface area contributed by atoms with Crippen LogP contribution in [-0.2, 0) is 16.6 Å². The second-order valence-electron chi connectivity index (χ2n) is 8.18. The molecule has 1 aliphatic heterocycles. The van der Waals surface area contributed by atoms with E-state index >= 15 is 0 Å². The Morgan fingerprint density at radius 1 is 1.03 bits per heavy atom. The van der Waals surface area contributed by atoms with Gasteiger partial charge in [0.1, 0.15) is 5.69 Å². The predicted octanol–water partition coefficient (Wildman–Crippen LogP) is 3.57. The molecule has 192 valence electrons. The van der Waals surface area contributed by atoms with Crippen molar-refractivity contribution in [3.05, 3.63) is 75.0 Å². The van der Waals surface area contributed by atoms with E-state index < -0.39 is 17.1 Å². The second kappa shape index (κ2) is 10.8. The topological polar surface area (TPSA) is 112 Å². The number of carbonyl (C=O) groups is 3. The smallest absolute Gasteiger partial charge is 0.295 e. The van der Waals surface area contributed by atoms with Crippen molar-refractivity contribution in [2.24, 2.45) is 7.05 Å². The fourth-order valence-electron chi connectivity index (χ4n) is 3.91. The van der Waals surface area contributed by atoms with Crippen molar-refractivity contribution < 1.29 is 23.9 Å². The van der Waals surface area contributed by atoms with Crippen LogP contribution in [0.3, 0.4) is 0 Å². The van der Waals surface area contributed by atoms with E-state index in [1.165, 1.54) is 18.9 Å². The van der Waals surface area contributed by atoms with Gasteiger partial charge >= 0.3 is 0 Å². The number of hydrogen-bond donors (Lipinski definition) is 1. The van der Waals surface area contributed by atoms with E-state index in [-0.39, 0.29) is 29.1 Å². The minimum atomic E-state index is -0.486. The number of benzene rings is 2. The van der Waals surface area contributed by atoms with Crippen molar-refractivity contribution in [2.75, 3.05) is 26.1 Å². The molecule has 0 radical (unpaired) electrons. The van der Waals surface area contributed by atoms with E-state index in [2.05, 4.69) is 5.32 Å². The second-order valence-corrected chi connectivity index (χ2v) is 9.18. The van der Waals surface area contributed by atoms with Crippen molar-refractivity contribution in [3.8, 4) is 17.2 Å². The fraction of sp³-hybridized carbons (Fsp3) is 0.231. The first kappa shape index (κ1) is 25.8. The van der Waals surface area contributed by atoms with Gasteiger partial charge in [0.05, 0.1) is 30.5 Å². The number of rotatable bonds is 8. The molecule has 0 saturated carbocycles. The summed E-state index contributed by atoms with van der Waals surface area (Å²) in [7, 11) is 4.76. The lowest BCUT2D eigenvalue weighted by Gasteiger charge is -2.12. The highest BCUT2D eigenvalue weighted by atomic mass is 32.2. The molecule has 0 unspecified atom stereocenters. The number of imide groups is 1. The standard InChI is InChI=1S/C26H26N4O6S/c1-16-23(25(33)30(28(16)2)18-8-6-5-7-9-18)27-22(31)12-13-29-24(32)21(37-26(29)34)15-17-10-11-19(35-3)20(14-17)36-4/h5-11,14-15H,12-13H2,1-4H3,(H,27,31). The molecular formula is C26H26N4O6S. The molecule has 2 heterocycles. The summed E-state index contributed by atoms with van der Waals surface area (Å²) >= 11 is 0.802. The number of amides is 3. The molecule has 1 N–H and O–H groups in total. The van der Waals surface area contributed by atoms with Gasteiger partial charge in [0.15, 0.2) is 11.5 Å². The van der Waals surface area contributed by atoms with Crippen molar-refractivity contribution in [2.45, 2.75) is 13.3 Å². The summed E-state index contributed by atoms with van der Waals surface area (Å²) in [5.41, 5.74) is 1.68.